The van der Waals surface area contributed by atoms with Crippen LogP contribution in [-0.4, -0.2) is 51.0 Å². The van der Waals surface area contributed by atoms with E-state index in [2.05, 4.69) is 20.0 Å². The van der Waals surface area contributed by atoms with Crippen molar-refractivity contribution in [2.24, 2.45) is 7.05 Å². The fourth-order valence-corrected chi connectivity index (χ4v) is 3.56. The lowest BCUT2D eigenvalue weighted by Gasteiger charge is -2.31. The first kappa shape index (κ1) is 21.4. The molecule has 0 bridgehead atoms. The molecule has 0 saturated carbocycles. The Kier molecular flexibility index (Phi) is 6.28. The van der Waals surface area contributed by atoms with Gasteiger partial charge < -0.3 is 14.5 Å². The van der Waals surface area contributed by atoms with Crippen molar-refractivity contribution in [3.05, 3.63) is 65.5 Å². The lowest BCUT2D eigenvalue weighted by atomic mass is 10.2. The van der Waals surface area contributed by atoms with Gasteiger partial charge in [-0.1, -0.05) is 0 Å². The molecule has 0 aliphatic carbocycles. The smallest absolute Gasteiger partial charge is 0.416 e. The highest BCUT2D eigenvalue weighted by Gasteiger charge is 2.30. The molecule has 0 unspecified atom stereocenters. The van der Waals surface area contributed by atoms with Crippen LogP contribution in [0.15, 0.2) is 42.7 Å². The monoisotopic (exact) mass is 435 g/mol. The van der Waals surface area contributed by atoms with Crippen LogP contribution in [0.3, 0.4) is 0 Å². The fraction of sp³-hybridized carbons (Fsp3) is 0.429. The molecule has 0 amide bonds. The lowest BCUT2D eigenvalue weighted by Crippen LogP contribution is -2.38. The number of aryl methyl sites for hydroxylation is 1. The van der Waals surface area contributed by atoms with E-state index in [4.69, 9.17) is 9.47 Å². The minimum absolute atomic E-state index is 0.125. The Hall–Kier alpha value is -2.85. The molecule has 1 atom stereocenters. The normalized spacial score (nSPS) is 17.7. The Balaban J connectivity index is 1.31. The molecule has 3 aromatic rings. The number of imidazole rings is 1. The number of morpholine rings is 1. The van der Waals surface area contributed by atoms with Gasteiger partial charge in [-0.05, 0) is 30.3 Å². The van der Waals surface area contributed by atoms with E-state index >= 15 is 0 Å². The number of aromatic amines is 1. The molecule has 2 aromatic heterocycles. The van der Waals surface area contributed by atoms with Crippen molar-refractivity contribution in [3.63, 3.8) is 0 Å². The van der Waals surface area contributed by atoms with Crippen LogP contribution in [0.1, 0.15) is 28.9 Å². The van der Waals surface area contributed by atoms with Gasteiger partial charge >= 0.3 is 6.18 Å². The molecular weight excluding hydrogens is 411 g/mol. The number of ether oxygens (including phenoxy) is 2. The number of benzene rings is 1. The fourth-order valence-electron chi connectivity index (χ4n) is 3.56. The lowest BCUT2D eigenvalue weighted by molar-refractivity contribution is -0.137. The third-order valence-electron chi connectivity index (χ3n) is 5.21. The summed E-state index contributed by atoms with van der Waals surface area (Å²) in [5, 5.41) is 4.59. The third-order valence-corrected chi connectivity index (χ3v) is 5.21. The molecule has 31 heavy (non-hydrogen) atoms. The summed E-state index contributed by atoms with van der Waals surface area (Å²) < 4.78 is 51.2. The largest absolute Gasteiger partial charge is 0.493 e. The van der Waals surface area contributed by atoms with Crippen molar-refractivity contribution in [3.8, 4) is 5.75 Å². The number of halogens is 3. The van der Waals surface area contributed by atoms with Crippen molar-refractivity contribution in [1.29, 1.82) is 0 Å². The number of aromatic nitrogens is 4. The molecule has 0 radical (unpaired) electrons. The first-order valence-corrected chi connectivity index (χ1v) is 10.0. The second-order valence-electron chi connectivity index (χ2n) is 7.44. The Morgan fingerprint density at radius 2 is 2.06 bits per heavy atom. The predicted octanol–water partition coefficient (Wildman–Crippen LogP) is 3.36. The van der Waals surface area contributed by atoms with Gasteiger partial charge in [0.2, 0.25) is 0 Å². The number of hydrogen-bond acceptors (Lipinski definition) is 5. The van der Waals surface area contributed by atoms with Gasteiger partial charge in [0.05, 0.1) is 31.0 Å². The summed E-state index contributed by atoms with van der Waals surface area (Å²) in [5.74, 6) is 1.32. The molecule has 10 heteroatoms. The van der Waals surface area contributed by atoms with E-state index in [1.807, 2.05) is 19.3 Å². The summed E-state index contributed by atoms with van der Waals surface area (Å²) >= 11 is 0. The molecule has 1 saturated heterocycles. The summed E-state index contributed by atoms with van der Waals surface area (Å²) in [5.41, 5.74) is 1.13. The first-order valence-electron chi connectivity index (χ1n) is 10.0. The number of hydrogen-bond donors (Lipinski definition) is 1. The van der Waals surface area contributed by atoms with Gasteiger partial charge in [-0.3, -0.25) is 9.58 Å². The van der Waals surface area contributed by atoms with Crippen molar-refractivity contribution < 1.29 is 22.6 Å². The Bertz CT molecular complexity index is 970. The van der Waals surface area contributed by atoms with Crippen LogP contribution in [0.25, 0.3) is 0 Å². The number of H-pyrrole nitrogens is 1. The quantitative estimate of drug-likeness (QED) is 0.617. The van der Waals surface area contributed by atoms with Gasteiger partial charge in [0.1, 0.15) is 17.7 Å². The average Bonchev–Trinajstić information content (AvgIpc) is 3.38. The van der Waals surface area contributed by atoms with Crippen molar-refractivity contribution >= 4 is 0 Å². The van der Waals surface area contributed by atoms with Gasteiger partial charge in [-0.15, -0.1) is 0 Å². The van der Waals surface area contributed by atoms with Crippen LogP contribution < -0.4 is 4.74 Å². The minimum Gasteiger partial charge on any atom is -0.493 e. The highest BCUT2D eigenvalue weighted by atomic mass is 19.4. The van der Waals surface area contributed by atoms with Crippen LogP contribution in [-0.2, 0) is 30.9 Å². The van der Waals surface area contributed by atoms with E-state index in [-0.39, 0.29) is 6.10 Å². The molecule has 7 nitrogen and oxygen atoms in total. The number of nitrogens with one attached hydrogen (secondary N) is 1. The van der Waals surface area contributed by atoms with Gasteiger partial charge in [-0.2, -0.15) is 18.3 Å². The maximum Gasteiger partial charge on any atom is 0.416 e. The van der Waals surface area contributed by atoms with Crippen molar-refractivity contribution in [2.45, 2.75) is 25.2 Å². The zero-order valence-electron chi connectivity index (χ0n) is 17.1. The highest BCUT2D eigenvalue weighted by Crippen LogP contribution is 2.30. The van der Waals surface area contributed by atoms with E-state index in [9.17, 15) is 13.2 Å². The molecule has 1 aliphatic heterocycles. The molecular formula is C21H24F3N5O2. The van der Waals surface area contributed by atoms with Crippen LogP contribution in [0.4, 0.5) is 13.2 Å². The summed E-state index contributed by atoms with van der Waals surface area (Å²) in [7, 11) is 1.86. The van der Waals surface area contributed by atoms with Crippen LogP contribution >= 0.6 is 0 Å². The molecule has 1 aliphatic rings. The third kappa shape index (κ3) is 5.45. The van der Waals surface area contributed by atoms with Gasteiger partial charge in [0.15, 0.2) is 0 Å². The SMILES string of the molecule is Cn1nc([C@@H]2CN(Cc3ncc[nH]3)CCO2)cc1CCOc1ccc(C(F)(F)F)cc1. The predicted molar refractivity (Wildman–Crippen MR) is 106 cm³/mol. The highest BCUT2D eigenvalue weighted by molar-refractivity contribution is 5.29. The Morgan fingerprint density at radius 3 is 2.77 bits per heavy atom. The molecule has 3 heterocycles. The van der Waals surface area contributed by atoms with Crippen LogP contribution in [0.2, 0.25) is 0 Å². The second-order valence-corrected chi connectivity index (χ2v) is 7.44. The van der Waals surface area contributed by atoms with E-state index < -0.39 is 11.7 Å². The maximum atomic E-state index is 12.6. The summed E-state index contributed by atoms with van der Waals surface area (Å²) in [6.45, 7) is 3.24. The topological polar surface area (TPSA) is 68.2 Å². The summed E-state index contributed by atoms with van der Waals surface area (Å²) in [4.78, 5) is 9.66. The standard InChI is InChI=1S/C21H24F3N5O2/c1-28-16(6-10-30-17-4-2-15(3-5-17)21(22,23)24)12-18(27-28)19-13-29(9-11-31-19)14-20-25-7-8-26-20/h2-5,7-8,12,19H,6,9-11,13-14H2,1H3,(H,25,26)/t19-/m0/s1. The van der Waals surface area contributed by atoms with E-state index in [0.717, 1.165) is 49.0 Å². The molecule has 1 aromatic carbocycles. The second kappa shape index (κ2) is 9.11. The zero-order chi connectivity index (χ0) is 21.8. The van der Waals surface area contributed by atoms with Crippen molar-refractivity contribution in [2.75, 3.05) is 26.3 Å². The van der Waals surface area contributed by atoms with Gasteiger partial charge in [0.25, 0.3) is 0 Å². The Morgan fingerprint density at radius 1 is 1.26 bits per heavy atom. The van der Waals surface area contributed by atoms with Gasteiger partial charge in [0, 0.05) is 44.6 Å². The average molecular weight is 435 g/mol. The maximum absolute atomic E-state index is 12.6. The van der Waals surface area contributed by atoms with Crippen LogP contribution in [0.5, 0.6) is 5.75 Å². The van der Waals surface area contributed by atoms with Gasteiger partial charge in [-0.25, -0.2) is 4.98 Å². The molecule has 1 N–H and O–H groups in total. The molecule has 166 valence electrons. The van der Waals surface area contributed by atoms with E-state index in [1.54, 1.807) is 10.9 Å². The van der Waals surface area contributed by atoms with E-state index in [1.165, 1.54) is 12.1 Å². The van der Waals surface area contributed by atoms with Crippen LogP contribution in [0, 0.1) is 0 Å². The number of alkyl halides is 3. The zero-order valence-corrected chi connectivity index (χ0v) is 17.1. The first-order chi connectivity index (χ1) is 14.9. The van der Waals surface area contributed by atoms with E-state index in [0.29, 0.717) is 25.4 Å². The Labute approximate surface area is 177 Å². The number of nitrogens with zero attached hydrogens (tertiary/aromatic N) is 4. The summed E-state index contributed by atoms with van der Waals surface area (Å²) in [6, 6.07) is 6.71. The molecule has 1 fully saturated rings. The minimum atomic E-state index is -4.35. The molecule has 4 rings (SSSR count). The van der Waals surface area contributed by atoms with Crippen molar-refractivity contribution in [1.82, 2.24) is 24.6 Å². The number of rotatable bonds is 7. The molecule has 0 spiro atoms. The summed E-state index contributed by atoms with van der Waals surface area (Å²) in [6.07, 6.45) is -0.346.